The molecule has 1 radical (unpaired) electrons. The average molecular weight is 131 g/mol. The largest absolute Gasteiger partial charge is 0.315 e. The van der Waals surface area contributed by atoms with Gasteiger partial charge in [-0.3, -0.25) is 10.1 Å². The average Bonchev–Trinajstić information content (AvgIpc) is 2.12. The normalized spacial score (nSPS) is 18.2. The molecule has 1 aliphatic heterocycles. The van der Waals surface area contributed by atoms with Gasteiger partial charge in [-0.25, -0.2) is 4.72 Å². The maximum atomic E-state index is 9.86. The van der Waals surface area contributed by atoms with E-state index in [1.54, 1.807) is 0 Å². The van der Waals surface area contributed by atoms with E-state index >= 15 is 0 Å². The van der Waals surface area contributed by atoms with Crippen LogP contribution in [-0.4, -0.2) is 4.92 Å². The van der Waals surface area contributed by atoms with Crippen molar-refractivity contribution in [2.24, 2.45) is 0 Å². The zero-order valence-electron chi connectivity index (χ0n) is 3.83. The fourth-order valence-electron chi connectivity index (χ4n) is 0.332. The zero-order chi connectivity index (χ0) is 5.98. The highest BCUT2D eigenvalue weighted by molar-refractivity contribution is 8.01. The molecule has 5 heteroatoms. The van der Waals surface area contributed by atoms with Crippen LogP contribution in [0.5, 0.6) is 0 Å². The summed E-state index contributed by atoms with van der Waals surface area (Å²) in [5.41, 5.74) is 0. The fraction of sp³-hybridized carbons (Fsp3) is 0. The van der Waals surface area contributed by atoms with Crippen molar-refractivity contribution >= 4 is 11.9 Å². The Labute approximate surface area is 50.2 Å². The molecule has 4 nitrogen and oxygen atoms in total. The third-order valence-corrected chi connectivity index (χ3v) is 1.39. The molecule has 1 N–H and O–H groups in total. The van der Waals surface area contributed by atoms with Gasteiger partial charge >= 0.3 is 5.03 Å². The second kappa shape index (κ2) is 2.15. The van der Waals surface area contributed by atoms with Gasteiger partial charge in [0, 0.05) is 18.0 Å². The minimum absolute atomic E-state index is 0.144. The first-order valence-electron chi connectivity index (χ1n) is 1.91. The topological polar surface area (TPSA) is 55.2 Å². The van der Waals surface area contributed by atoms with Crippen LogP contribution in [0.25, 0.3) is 0 Å². The predicted molar refractivity (Wildman–Crippen MR) is 30.1 cm³/mol. The third-order valence-electron chi connectivity index (χ3n) is 0.637. The van der Waals surface area contributed by atoms with E-state index in [0.29, 0.717) is 0 Å². The standard InChI is InChI=1S/C3H3N2O2S/c6-5(7)3-1-2-4-8-3/h1-2,4H. The number of nitrogens with zero attached hydrogens (tertiary/aromatic N) is 1. The monoisotopic (exact) mass is 131 g/mol. The van der Waals surface area contributed by atoms with E-state index in [9.17, 15) is 10.1 Å². The summed E-state index contributed by atoms with van der Waals surface area (Å²) in [5.74, 6) is 0. The molecule has 8 heavy (non-hydrogen) atoms. The van der Waals surface area contributed by atoms with Crippen molar-refractivity contribution in [2.75, 3.05) is 0 Å². The number of nitrogens with one attached hydrogen (secondary N) is 1. The smallest absolute Gasteiger partial charge is 0.258 e. The molecule has 0 saturated heterocycles. The Morgan fingerprint density at radius 2 is 2.62 bits per heavy atom. The van der Waals surface area contributed by atoms with Crippen LogP contribution < -0.4 is 4.72 Å². The van der Waals surface area contributed by atoms with Crippen LogP contribution in [0, 0.1) is 16.7 Å². The summed E-state index contributed by atoms with van der Waals surface area (Å²) in [7, 11) is 0. The summed E-state index contributed by atoms with van der Waals surface area (Å²) in [5, 5.41) is 10.0. The van der Waals surface area contributed by atoms with Crippen molar-refractivity contribution < 1.29 is 4.92 Å². The highest BCUT2D eigenvalue weighted by Crippen LogP contribution is 2.17. The summed E-state index contributed by atoms with van der Waals surface area (Å²) in [6.45, 7) is 1.53. The molecule has 1 aliphatic rings. The van der Waals surface area contributed by atoms with E-state index in [-0.39, 0.29) is 5.03 Å². The summed E-state index contributed by atoms with van der Waals surface area (Å²) < 4.78 is 2.61. The van der Waals surface area contributed by atoms with Crippen LogP contribution in [0.1, 0.15) is 0 Å². The van der Waals surface area contributed by atoms with Gasteiger partial charge in [-0.2, -0.15) is 0 Å². The van der Waals surface area contributed by atoms with Crippen molar-refractivity contribution in [3.8, 4) is 0 Å². The van der Waals surface area contributed by atoms with Gasteiger partial charge in [-0.15, -0.1) is 0 Å². The van der Waals surface area contributed by atoms with Crippen molar-refractivity contribution in [3.05, 3.63) is 27.8 Å². The Morgan fingerprint density at radius 1 is 1.88 bits per heavy atom. The van der Waals surface area contributed by atoms with E-state index < -0.39 is 4.92 Å². The highest BCUT2D eigenvalue weighted by atomic mass is 32.2. The van der Waals surface area contributed by atoms with Crippen molar-refractivity contribution in [3.63, 3.8) is 0 Å². The maximum Gasteiger partial charge on any atom is 0.315 e. The summed E-state index contributed by atoms with van der Waals surface area (Å²) in [4.78, 5) is 9.43. The van der Waals surface area contributed by atoms with Crippen LogP contribution in [0.4, 0.5) is 0 Å². The second-order valence-electron chi connectivity index (χ2n) is 1.15. The molecule has 0 aromatic carbocycles. The Morgan fingerprint density at radius 3 is 2.88 bits per heavy atom. The molecule has 0 bridgehead atoms. The molecular formula is C3H3N2O2S. The van der Waals surface area contributed by atoms with Crippen LogP contribution in [0.2, 0.25) is 0 Å². The third kappa shape index (κ3) is 0.988. The predicted octanol–water partition coefficient (Wildman–Crippen LogP) is 0.518. The molecule has 43 valence electrons. The van der Waals surface area contributed by atoms with E-state index in [1.165, 1.54) is 12.6 Å². The van der Waals surface area contributed by atoms with Gasteiger partial charge in [0.15, 0.2) is 0 Å². The Kier molecular flexibility index (Phi) is 1.50. The molecule has 0 aliphatic carbocycles. The van der Waals surface area contributed by atoms with Gasteiger partial charge in [-0.1, -0.05) is 0 Å². The van der Waals surface area contributed by atoms with Crippen LogP contribution in [0.15, 0.2) is 11.1 Å². The van der Waals surface area contributed by atoms with Gasteiger partial charge in [0.1, 0.15) is 0 Å². The van der Waals surface area contributed by atoms with E-state index in [2.05, 4.69) is 4.72 Å². The van der Waals surface area contributed by atoms with Crippen LogP contribution in [-0.2, 0) is 0 Å². The number of hydrogen-bond donors (Lipinski definition) is 1. The van der Waals surface area contributed by atoms with Crippen molar-refractivity contribution in [1.29, 1.82) is 0 Å². The van der Waals surface area contributed by atoms with E-state index in [1.807, 2.05) is 0 Å². The lowest BCUT2D eigenvalue weighted by molar-refractivity contribution is -0.410. The Bertz CT molecular complexity index is 144. The molecule has 0 atom stereocenters. The van der Waals surface area contributed by atoms with Crippen molar-refractivity contribution in [2.45, 2.75) is 0 Å². The molecule has 0 aromatic heterocycles. The lowest BCUT2D eigenvalue weighted by Gasteiger charge is -1.84. The van der Waals surface area contributed by atoms with Gasteiger partial charge < -0.3 is 0 Å². The molecule has 0 saturated carbocycles. The first-order chi connectivity index (χ1) is 3.80. The molecule has 0 fully saturated rings. The number of hydrogen-bond acceptors (Lipinski definition) is 4. The molecule has 1 heterocycles. The maximum absolute atomic E-state index is 9.86. The Hall–Kier alpha value is -0.550. The fourth-order valence-corrected chi connectivity index (χ4v) is 0.799. The molecular weight excluding hydrogens is 128 g/mol. The summed E-state index contributed by atoms with van der Waals surface area (Å²) in [6.07, 6.45) is 1.42. The van der Waals surface area contributed by atoms with Gasteiger partial charge in [0.05, 0.1) is 11.5 Å². The van der Waals surface area contributed by atoms with Crippen molar-refractivity contribution in [1.82, 2.24) is 4.72 Å². The minimum Gasteiger partial charge on any atom is -0.258 e. The number of rotatable bonds is 1. The van der Waals surface area contributed by atoms with E-state index in [4.69, 9.17) is 0 Å². The van der Waals surface area contributed by atoms with E-state index in [0.717, 1.165) is 11.9 Å². The molecule has 0 unspecified atom stereocenters. The highest BCUT2D eigenvalue weighted by Gasteiger charge is 2.15. The summed E-state index contributed by atoms with van der Waals surface area (Å²) >= 11 is 1.01. The van der Waals surface area contributed by atoms with Gasteiger partial charge in [0.2, 0.25) is 0 Å². The van der Waals surface area contributed by atoms with Gasteiger partial charge in [0.25, 0.3) is 0 Å². The first-order valence-corrected chi connectivity index (χ1v) is 2.72. The van der Waals surface area contributed by atoms with Gasteiger partial charge in [-0.05, 0) is 0 Å². The molecule has 0 aromatic rings. The Balaban J connectivity index is 2.57. The SMILES string of the molecule is O=[N+]([O-])C1=C[CH]NS1. The molecule has 1 rings (SSSR count). The second-order valence-corrected chi connectivity index (χ2v) is 2.01. The van der Waals surface area contributed by atoms with Crippen LogP contribution >= 0.6 is 11.9 Å². The number of nitro groups is 1. The molecule has 0 spiro atoms. The van der Waals surface area contributed by atoms with Crippen LogP contribution in [0.3, 0.4) is 0 Å². The zero-order valence-corrected chi connectivity index (χ0v) is 4.64. The lowest BCUT2D eigenvalue weighted by atomic mass is 10.6. The quantitative estimate of drug-likeness (QED) is 0.320. The first kappa shape index (κ1) is 5.58. The molecule has 0 amide bonds. The summed E-state index contributed by atoms with van der Waals surface area (Å²) in [6, 6.07) is 0. The minimum atomic E-state index is -0.429. The lowest BCUT2D eigenvalue weighted by Crippen LogP contribution is -1.93.